The molecule has 1 heterocycles. The summed E-state index contributed by atoms with van der Waals surface area (Å²) in [5, 5.41) is 0.0706. The first-order chi connectivity index (χ1) is 5.15. The van der Waals surface area contributed by atoms with E-state index in [1.165, 1.54) is 6.07 Å². The number of carbonyl (C=O) groups excluding carboxylic acids is 1. The SMILES string of the molecule is [B]c1cc(Cl)c(C=O)c(=O)[nH]1. The number of aromatic amines is 1. The molecular weight excluding hydrogens is 164 g/mol. The lowest BCUT2D eigenvalue weighted by Crippen LogP contribution is -2.23. The summed E-state index contributed by atoms with van der Waals surface area (Å²) < 4.78 is 0. The number of rotatable bonds is 1. The van der Waals surface area contributed by atoms with Crippen LogP contribution in [0.5, 0.6) is 0 Å². The van der Waals surface area contributed by atoms with Crippen molar-refractivity contribution in [3.8, 4) is 0 Å². The van der Waals surface area contributed by atoms with Crippen molar-refractivity contribution in [1.29, 1.82) is 0 Å². The third-order valence-corrected chi connectivity index (χ3v) is 1.47. The van der Waals surface area contributed by atoms with Gasteiger partial charge >= 0.3 is 0 Å². The summed E-state index contributed by atoms with van der Waals surface area (Å²) in [6, 6.07) is 1.31. The minimum atomic E-state index is -0.565. The average molecular weight is 167 g/mol. The first kappa shape index (κ1) is 8.08. The highest BCUT2D eigenvalue weighted by molar-refractivity contribution is 6.36. The average Bonchev–Trinajstić information content (AvgIpc) is 1.85. The van der Waals surface area contributed by atoms with Crippen LogP contribution in [-0.2, 0) is 0 Å². The van der Waals surface area contributed by atoms with Crippen molar-refractivity contribution >= 4 is 31.3 Å². The number of aldehydes is 1. The molecule has 0 aliphatic heterocycles. The molecule has 0 aliphatic rings. The van der Waals surface area contributed by atoms with Crippen LogP contribution in [0.25, 0.3) is 0 Å². The van der Waals surface area contributed by atoms with Crippen molar-refractivity contribution < 1.29 is 4.79 Å². The normalized spacial score (nSPS) is 9.55. The predicted molar refractivity (Wildman–Crippen MR) is 42.8 cm³/mol. The number of hydrogen-bond donors (Lipinski definition) is 1. The van der Waals surface area contributed by atoms with Gasteiger partial charge in [-0.3, -0.25) is 9.59 Å². The van der Waals surface area contributed by atoms with Gasteiger partial charge in [-0.05, 0) is 11.7 Å². The molecule has 0 saturated carbocycles. The van der Waals surface area contributed by atoms with Crippen molar-refractivity contribution in [2.75, 3.05) is 0 Å². The highest BCUT2D eigenvalue weighted by atomic mass is 35.5. The Bertz CT molecular complexity index is 347. The number of aromatic nitrogens is 1. The van der Waals surface area contributed by atoms with Gasteiger partial charge in [0.25, 0.3) is 5.56 Å². The van der Waals surface area contributed by atoms with E-state index in [2.05, 4.69) is 4.98 Å². The minimum absolute atomic E-state index is 0.0706. The quantitative estimate of drug-likeness (QED) is 0.458. The molecule has 0 spiro atoms. The molecule has 11 heavy (non-hydrogen) atoms. The molecule has 0 bridgehead atoms. The summed E-state index contributed by atoms with van der Waals surface area (Å²) in [7, 11) is 5.23. The first-order valence-corrected chi connectivity index (χ1v) is 3.16. The van der Waals surface area contributed by atoms with Gasteiger partial charge in [0.05, 0.1) is 10.6 Å². The Morgan fingerprint density at radius 3 is 2.73 bits per heavy atom. The third-order valence-electron chi connectivity index (χ3n) is 1.16. The molecule has 5 heteroatoms. The van der Waals surface area contributed by atoms with E-state index in [4.69, 9.17) is 19.4 Å². The van der Waals surface area contributed by atoms with Crippen molar-refractivity contribution in [2.24, 2.45) is 0 Å². The molecule has 0 aliphatic carbocycles. The maximum Gasteiger partial charge on any atom is 0.259 e. The molecule has 2 radical (unpaired) electrons. The Labute approximate surface area is 68.8 Å². The zero-order valence-electron chi connectivity index (χ0n) is 5.43. The second-order valence-electron chi connectivity index (χ2n) is 1.93. The van der Waals surface area contributed by atoms with Crippen LogP contribution in [0.4, 0.5) is 0 Å². The van der Waals surface area contributed by atoms with Gasteiger partial charge in [-0.15, -0.1) is 0 Å². The molecule has 1 N–H and O–H groups in total. The molecule has 0 fully saturated rings. The van der Waals surface area contributed by atoms with Gasteiger partial charge in [0.1, 0.15) is 7.85 Å². The van der Waals surface area contributed by atoms with Crippen molar-refractivity contribution in [1.82, 2.24) is 4.98 Å². The summed E-state index contributed by atoms with van der Waals surface area (Å²) in [6.07, 6.45) is 0.389. The molecule has 1 rings (SSSR count). The maximum absolute atomic E-state index is 10.8. The Hall–Kier alpha value is -1.03. The predicted octanol–water partition coefficient (Wildman–Crippen LogP) is -0.365. The second kappa shape index (κ2) is 2.92. The van der Waals surface area contributed by atoms with Crippen LogP contribution in [0.15, 0.2) is 10.9 Å². The molecule has 1 aromatic rings. The Morgan fingerprint density at radius 1 is 1.64 bits per heavy atom. The van der Waals surface area contributed by atoms with Crippen LogP contribution >= 0.6 is 11.6 Å². The zero-order valence-corrected chi connectivity index (χ0v) is 6.18. The molecule has 0 unspecified atom stereocenters. The Balaban J connectivity index is 3.49. The van der Waals surface area contributed by atoms with E-state index in [9.17, 15) is 9.59 Å². The number of pyridine rings is 1. The van der Waals surface area contributed by atoms with Gasteiger partial charge in [0, 0.05) is 0 Å². The number of H-pyrrole nitrogens is 1. The fourth-order valence-electron chi connectivity index (χ4n) is 0.667. The van der Waals surface area contributed by atoms with Gasteiger partial charge in [-0.2, -0.15) is 0 Å². The van der Waals surface area contributed by atoms with E-state index < -0.39 is 5.56 Å². The van der Waals surface area contributed by atoms with E-state index in [1.807, 2.05) is 0 Å². The van der Waals surface area contributed by atoms with Gasteiger partial charge < -0.3 is 4.98 Å². The van der Waals surface area contributed by atoms with Crippen LogP contribution < -0.4 is 11.2 Å². The first-order valence-electron chi connectivity index (χ1n) is 2.78. The van der Waals surface area contributed by atoms with E-state index in [1.54, 1.807) is 0 Å². The fourth-order valence-corrected chi connectivity index (χ4v) is 0.915. The minimum Gasteiger partial charge on any atom is -0.335 e. The van der Waals surface area contributed by atoms with E-state index >= 15 is 0 Å². The van der Waals surface area contributed by atoms with Gasteiger partial charge in [0.15, 0.2) is 6.29 Å². The van der Waals surface area contributed by atoms with Crippen molar-refractivity contribution in [3.63, 3.8) is 0 Å². The molecule has 0 saturated heterocycles. The summed E-state index contributed by atoms with van der Waals surface area (Å²) in [6.45, 7) is 0. The standard InChI is InChI=1S/C6H3BClNO2/c7-5-1-4(8)3(2-10)6(11)9-5/h1-2H,(H,9,11). The molecule has 0 amide bonds. The van der Waals surface area contributed by atoms with Crippen molar-refractivity contribution in [3.05, 3.63) is 27.0 Å². The van der Waals surface area contributed by atoms with E-state index in [-0.39, 0.29) is 16.2 Å². The molecule has 0 aromatic carbocycles. The number of carbonyl (C=O) groups is 1. The summed E-state index contributed by atoms with van der Waals surface area (Å²) in [4.78, 5) is 23.3. The lowest BCUT2D eigenvalue weighted by Gasteiger charge is -1.96. The largest absolute Gasteiger partial charge is 0.335 e. The lowest BCUT2D eigenvalue weighted by molar-refractivity contribution is 0.112. The molecule has 0 atom stereocenters. The number of nitrogens with one attached hydrogen (secondary N) is 1. The maximum atomic E-state index is 10.8. The Kier molecular flexibility index (Phi) is 2.15. The summed E-state index contributed by atoms with van der Waals surface area (Å²) >= 11 is 5.50. The number of hydrogen-bond acceptors (Lipinski definition) is 2. The molecule has 3 nitrogen and oxygen atoms in total. The van der Waals surface area contributed by atoms with E-state index in [0.29, 0.717) is 6.29 Å². The van der Waals surface area contributed by atoms with Crippen LogP contribution in [0, 0.1) is 0 Å². The van der Waals surface area contributed by atoms with Crippen LogP contribution in [0.3, 0.4) is 0 Å². The highest BCUT2D eigenvalue weighted by Crippen LogP contribution is 2.05. The van der Waals surface area contributed by atoms with E-state index in [0.717, 1.165) is 0 Å². The smallest absolute Gasteiger partial charge is 0.259 e. The third kappa shape index (κ3) is 1.52. The fraction of sp³-hybridized carbons (Fsp3) is 0. The lowest BCUT2D eigenvalue weighted by atomic mass is 10.0. The summed E-state index contributed by atoms with van der Waals surface area (Å²) in [5.41, 5.74) is -0.517. The van der Waals surface area contributed by atoms with Gasteiger partial charge in [-0.25, -0.2) is 0 Å². The van der Waals surface area contributed by atoms with Crippen LogP contribution in [0.1, 0.15) is 10.4 Å². The monoisotopic (exact) mass is 167 g/mol. The molecule has 54 valence electrons. The molecular formula is C6H3BClNO2. The molecule has 1 aromatic heterocycles. The highest BCUT2D eigenvalue weighted by Gasteiger charge is 2.03. The van der Waals surface area contributed by atoms with Crippen molar-refractivity contribution in [2.45, 2.75) is 0 Å². The van der Waals surface area contributed by atoms with Gasteiger partial charge in [-0.1, -0.05) is 11.6 Å². The van der Waals surface area contributed by atoms with Crippen LogP contribution in [-0.4, -0.2) is 19.1 Å². The zero-order chi connectivity index (χ0) is 8.43. The number of halogens is 1. The van der Waals surface area contributed by atoms with Crippen LogP contribution in [0.2, 0.25) is 5.02 Å². The topological polar surface area (TPSA) is 49.9 Å². The second-order valence-corrected chi connectivity index (χ2v) is 2.34. The summed E-state index contributed by atoms with van der Waals surface area (Å²) in [5.74, 6) is 0. The van der Waals surface area contributed by atoms with Gasteiger partial charge in [0.2, 0.25) is 0 Å². The Morgan fingerprint density at radius 2 is 2.27 bits per heavy atom.